The van der Waals surface area contributed by atoms with Crippen molar-refractivity contribution < 1.29 is 9.53 Å². The molecule has 0 unspecified atom stereocenters. The Labute approximate surface area is 137 Å². The molecular weight excluding hydrogens is 298 g/mol. The molecule has 6 heteroatoms. The van der Waals surface area contributed by atoms with Gasteiger partial charge in [0.05, 0.1) is 6.61 Å². The second-order valence-corrected chi connectivity index (χ2v) is 5.54. The van der Waals surface area contributed by atoms with Crippen LogP contribution < -0.4 is 5.32 Å². The number of hydrogen-bond donors (Lipinski definition) is 1. The molecule has 1 heterocycles. The smallest absolute Gasteiger partial charge is 0.409 e. The number of carbonyl (C=O) groups is 1. The van der Waals surface area contributed by atoms with Crippen LogP contribution >= 0.6 is 12.2 Å². The van der Waals surface area contributed by atoms with E-state index >= 15 is 0 Å². The van der Waals surface area contributed by atoms with Crippen LogP contribution in [0.1, 0.15) is 19.4 Å². The Morgan fingerprint density at radius 3 is 2.27 bits per heavy atom. The van der Waals surface area contributed by atoms with Crippen LogP contribution in [0.15, 0.2) is 24.3 Å². The maximum Gasteiger partial charge on any atom is 0.409 e. The van der Waals surface area contributed by atoms with E-state index in [1.165, 1.54) is 5.56 Å². The molecule has 5 nitrogen and oxygen atoms in total. The Balaban J connectivity index is 1.83. The van der Waals surface area contributed by atoms with Crippen LogP contribution in [0.25, 0.3) is 0 Å². The highest BCUT2D eigenvalue weighted by Gasteiger charge is 2.23. The number of piperazine rings is 1. The lowest BCUT2D eigenvalue weighted by Gasteiger charge is -2.35. The average molecular weight is 321 g/mol. The van der Waals surface area contributed by atoms with Crippen molar-refractivity contribution in [3.05, 3.63) is 29.8 Å². The summed E-state index contributed by atoms with van der Waals surface area (Å²) in [6, 6.07) is 8.28. The van der Waals surface area contributed by atoms with Gasteiger partial charge in [0, 0.05) is 31.9 Å². The van der Waals surface area contributed by atoms with E-state index in [0.717, 1.165) is 25.2 Å². The fourth-order valence-electron chi connectivity index (χ4n) is 2.33. The van der Waals surface area contributed by atoms with Crippen molar-refractivity contribution in [1.82, 2.24) is 9.80 Å². The van der Waals surface area contributed by atoms with E-state index in [2.05, 4.69) is 29.3 Å². The molecule has 0 atom stereocenters. The number of nitrogens with one attached hydrogen (secondary N) is 1. The topological polar surface area (TPSA) is 44.8 Å². The maximum absolute atomic E-state index is 11.7. The number of nitrogens with zero attached hydrogens (tertiary/aromatic N) is 2. The summed E-state index contributed by atoms with van der Waals surface area (Å²) in [7, 11) is 0. The van der Waals surface area contributed by atoms with Crippen molar-refractivity contribution in [2.75, 3.05) is 38.1 Å². The minimum atomic E-state index is -0.240. The number of thiocarbonyl (C=S) groups is 1. The van der Waals surface area contributed by atoms with E-state index in [1.54, 1.807) is 4.90 Å². The highest BCUT2D eigenvalue weighted by molar-refractivity contribution is 7.80. The second kappa shape index (κ2) is 7.98. The van der Waals surface area contributed by atoms with Crippen LogP contribution in [0.3, 0.4) is 0 Å². The molecule has 0 aliphatic carbocycles. The Morgan fingerprint density at radius 2 is 1.73 bits per heavy atom. The molecule has 1 aliphatic rings. The first-order chi connectivity index (χ1) is 10.6. The molecule has 0 bridgehead atoms. The summed E-state index contributed by atoms with van der Waals surface area (Å²) >= 11 is 5.45. The molecule has 1 aromatic rings. The molecule has 1 saturated heterocycles. The van der Waals surface area contributed by atoms with Gasteiger partial charge in [-0.3, -0.25) is 0 Å². The highest BCUT2D eigenvalue weighted by Crippen LogP contribution is 2.12. The lowest BCUT2D eigenvalue weighted by molar-refractivity contribution is 0.0923. The zero-order chi connectivity index (χ0) is 15.9. The molecule has 1 fully saturated rings. The van der Waals surface area contributed by atoms with E-state index in [9.17, 15) is 4.79 Å². The van der Waals surface area contributed by atoms with Gasteiger partial charge in [0.15, 0.2) is 5.11 Å². The normalized spacial score (nSPS) is 14.6. The van der Waals surface area contributed by atoms with Crippen molar-refractivity contribution in [3.8, 4) is 0 Å². The summed E-state index contributed by atoms with van der Waals surface area (Å²) in [6.45, 7) is 7.07. The predicted octanol–water partition coefficient (Wildman–Crippen LogP) is 2.72. The van der Waals surface area contributed by atoms with Crippen molar-refractivity contribution in [2.45, 2.75) is 20.3 Å². The van der Waals surface area contributed by atoms with E-state index in [0.29, 0.717) is 24.8 Å². The Kier molecular flexibility index (Phi) is 6.00. The third-order valence-electron chi connectivity index (χ3n) is 3.71. The Hall–Kier alpha value is -1.82. The van der Waals surface area contributed by atoms with Crippen molar-refractivity contribution in [1.29, 1.82) is 0 Å². The molecular formula is C16H23N3O2S. The summed E-state index contributed by atoms with van der Waals surface area (Å²) in [5.41, 5.74) is 2.30. The molecule has 0 spiro atoms. The van der Waals surface area contributed by atoms with Crippen LogP contribution in [-0.2, 0) is 11.2 Å². The van der Waals surface area contributed by atoms with Gasteiger partial charge in [-0.05, 0) is 43.3 Å². The number of hydrogen-bond acceptors (Lipinski definition) is 3. The van der Waals surface area contributed by atoms with Gasteiger partial charge in [-0.2, -0.15) is 0 Å². The summed E-state index contributed by atoms with van der Waals surface area (Å²) in [4.78, 5) is 15.5. The van der Waals surface area contributed by atoms with E-state index in [-0.39, 0.29) is 6.09 Å². The quantitative estimate of drug-likeness (QED) is 0.867. The van der Waals surface area contributed by atoms with Crippen LogP contribution in [-0.4, -0.2) is 53.8 Å². The highest BCUT2D eigenvalue weighted by atomic mass is 32.1. The van der Waals surface area contributed by atoms with Crippen molar-refractivity contribution in [3.63, 3.8) is 0 Å². The van der Waals surface area contributed by atoms with Gasteiger partial charge >= 0.3 is 6.09 Å². The van der Waals surface area contributed by atoms with Gasteiger partial charge in [-0.25, -0.2) is 4.79 Å². The summed E-state index contributed by atoms with van der Waals surface area (Å²) in [6.07, 6.45) is 0.789. The minimum Gasteiger partial charge on any atom is -0.450 e. The number of amides is 1. The van der Waals surface area contributed by atoms with Crippen LogP contribution in [0.4, 0.5) is 10.5 Å². The number of anilines is 1. The summed E-state index contributed by atoms with van der Waals surface area (Å²) in [5.74, 6) is 0. The number of benzene rings is 1. The van der Waals surface area contributed by atoms with E-state index in [4.69, 9.17) is 17.0 Å². The Morgan fingerprint density at radius 1 is 1.14 bits per heavy atom. The van der Waals surface area contributed by atoms with Gasteiger partial charge in [-0.15, -0.1) is 0 Å². The lowest BCUT2D eigenvalue weighted by Crippen LogP contribution is -2.51. The van der Waals surface area contributed by atoms with Crippen molar-refractivity contribution in [2.24, 2.45) is 0 Å². The number of carbonyl (C=O) groups excluding carboxylic acids is 1. The van der Waals surface area contributed by atoms with Crippen LogP contribution in [0.5, 0.6) is 0 Å². The average Bonchev–Trinajstić information content (AvgIpc) is 2.56. The van der Waals surface area contributed by atoms with Crippen molar-refractivity contribution >= 4 is 29.1 Å². The number of aryl methyl sites for hydroxylation is 1. The fourth-order valence-corrected chi connectivity index (χ4v) is 2.63. The molecule has 1 aliphatic heterocycles. The summed E-state index contributed by atoms with van der Waals surface area (Å²) in [5, 5.41) is 3.96. The first-order valence-electron chi connectivity index (χ1n) is 7.70. The van der Waals surface area contributed by atoms with Gasteiger partial charge in [0.1, 0.15) is 0 Å². The zero-order valence-corrected chi connectivity index (χ0v) is 14.0. The van der Waals surface area contributed by atoms with Gasteiger partial charge < -0.3 is 19.9 Å². The van der Waals surface area contributed by atoms with Gasteiger partial charge in [0.2, 0.25) is 0 Å². The standard InChI is InChI=1S/C16H23N3O2S/c1-3-13-5-7-14(8-6-13)17-15(22)18-9-11-19(12-10-18)16(20)21-4-2/h5-8H,3-4,9-12H2,1-2H3,(H,17,22). The molecule has 1 N–H and O–H groups in total. The number of ether oxygens (including phenoxy) is 1. The molecule has 0 saturated carbocycles. The SMILES string of the molecule is CCOC(=O)N1CCN(C(=S)Nc2ccc(CC)cc2)CC1. The zero-order valence-electron chi connectivity index (χ0n) is 13.2. The number of rotatable bonds is 3. The molecule has 1 aromatic carbocycles. The van der Waals surface area contributed by atoms with Crippen LogP contribution in [0.2, 0.25) is 0 Å². The van der Waals surface area contributed by atoms with E-state index < -0.39 is 0 Å². The van der Waals surface area contributed by atoms with E-state index in [1.807, 2.05) is 19.1 Å². The fraction of sp³-hybridized carbons (Fsp3) is 0.500. The molecule has 120 valence electrons. The Bertz CT molecular complexity index is 511. The molecule has 2 rings (SSSR count). The maximum atomic E-state index is 11.7. The van der Waals surface area contributed by atoms with Crippen LogP contribution in [0, 0.1) is 0 Å². The second-order valence-electron chi connectivity index (χ2n) is 5.15. The molecule has 22 heavy (non-hydrogen) atoms. The molecule has 1 amide bonds. The minimum absolute atomic E-state index is 0.240. The summed E-state index contributed by atoms with van der Waals surface area (Å²) < 4.78 is 5.01. The molecule has 0 radical (unpaired) electrons. The first-order valence-corrected chi connectivity index (χ1v) is 8.11. The predicted molar refractivity (Wildman–Crippen MR) is 92.2 cm³/mol. The largest absolute Gasteiger partial charge is 0.450 e. The lowest BCUT2D eigenvalue weighted by atomic mass is 10.1. The third-order valence-corrected chi connectivity index (χ3v) is 4.07. The molecule has 0 aromatic heterocycles. The first kappa shape index (κ1) is 16.5. The van der Waals surface area contributed by atoms with Gasteiger partial charge in [0.25, 0.3) is 0 Å². The monoisotopic (exact) mass is 321 g/mol. The van der Waals surface area contributed by atoms with Gasteiger partial charge in [-0.1, -0.05) is 19.1 Å². The third kappa shape index (κ3) is 4.34.